The highest BCUT2D eigenvalue weighted by atomic mass is 16.5. The van der Waals surface area contributed by atoms with Gasteiger partial charge >= 0.3 is 5.97 Å². The van der Waals surface area contributed by atoms with Gasteiger partial charge in [-0.3, -0.25) is 0 Å². The van der Waals surface area contributed by atoms with E-state index in [1.165, 1.54) is 7.11 Å². The van der Waals surface area contributed by atoms with Crippen LogP contribution in [0.1, 0.15) is 38.1 Å². The summed E-state index contributed by atoms with van der Waals surface area (Å²) in [7, 11) is 1.34. The van der Waals surface area contributed by atoms with E-state index >= 15 is 0 Å². The van der Waals surface area contributed by atoms with Gasteiger partial charge in [0.1, 0.15) is 11.4 Å². The van der Waals surface area contributed by atoms with Crippen LogP contribution in [0.2, 0.25) is 0 Å². The van der Waals surface area contributed by atoms with Crippen molar-refractivity contribution in [2.45, 2.75) is 38.9 Å². The molecule has 0 aromatic heterocycles. The Balaban J connectivity index is 2.85. The number of esters is 1. The van der Waals surface area contributed by atoms with Crippen LogP contribution in [0, 0.1) is 0 Å². The van der Waals surface area contributed by atoms with Gasteiger partial charge in [-0.15, -0.1) is 0 Å². The lowest BCUT2D eigenvalue weighted by atomic mass is 9.89. The highest BCUT2D eigenvalue weighted by Gasteiger charge is 2.37. The van der Waals surface area contributed by atoms with Crippen LogP contribution in [-0.4, -0.2) is 29.4 Å². The molecule has 1 aromatic carbocycles. The summed E-state index contributed by atoms with van der Waals surface area (Å²) in [6.45, 7) is 6.99. The first-order chi connectivity index (χ1) is 8.17. The van der Waals surface area contributed by atoms with E-state index in [-0.39, 0.29) is 5.97 Å². The van der Waals surface area contributed by atoms with Gasteiger partial charge in [-0.05, 0) is 52.0 Å². The molecule has 1 N–H and O–H groups in total. The molecule has 0 saturated carbocycles. The minimum atomic E-state index is -0.978. The Kier molecular flexibility index (Phi) is 4.02. The van der Waals surface area contributed by atoms with Crippen LogP contribution in [0.3, 0.4) is 0 Å². The van der Waals surface area contributed by atoms with Crippen molar-refractivity contribution in [3.63, 3.8) is 0 Å². The van der Waals surface area contributed by atoms with Gasteiger partial charge < -0.3 is 14.6 Å². The van der Waals surface area contributed by atoms with Crippen LogP contribution in [0.25, 0.3) is 0 Å². The smallest absolute Gasteiger partial charge is 0.337 e. The van der Waals surface area contributed by atoms with Crippen LogP contribution < -0.4 is 4.74 Å². The molecule has 0 aliphatic heterocycles. The van der Waals surface area contributed by atoms with Gasteiger partial charge in [0.15, 0.2) is 0 Å². The quantitative estimate of drug-likeness (QED) is 0.836. The predicted molar refractivity (Wildman–Crippen MR) is 68.8 cm³/mol. The third-order valence-electron chi connectivity index (χ3n) is 3.12. The van der Waals surface area contributed by atoms with Crippen LogP contribution in [0.4, 0.5) is 0 Å². The number of methoxy groups -OCH3 is 1. The van der Waals surface area contributed by atoms with Crippen LogP contribution in [0.15, 0.2) is 24.3 Å². The monoisotopic (exact) mass is 252 g/mol. The molecule has 0 amide bonds. The van der Waals surface area contributed by atoms with Crippen molar-refractivity contribution in [1.82, 2.24) is 0 Å². The number of carbonyl (C=O) groups excluding carboxylic acids is 1. The molecule has 4 heteroatoms. The van der Waals surface area contributed by atoms with Crippen molar-refractivity contribution in [1.29, 1.82) is 0 Å². The summed E-state index contributed by atoms with van der Waals surface area (Å²) >= 11 is 0. The van der Waals surface area contributed by atoms with Crippen LogP contribution in [-0.2, 0) is 4.74 Å². The van der Waals surface area contributed by atoms with E-state index in [9.17, 15) is 9.90 Å². The van der Waals surface area contributed by atoms with Crippen molar-refractivity contribution in [3.8, 4) is 5.75 Å². The van der Waals surface area contributed by atoms with Crippen molar-refractivity contribution in [2.24, 2.45) is 0 Å². The molecule has 0 atom stereocenters. The minimum Gasteiger partial charge on any atom is -0.485 e. The lowest BCUT2D eigenvalue weighted by Crippen LogP contribution is -2.49. The predicted octanol–water partition coefficient (Wildman–Crippen LogP) is 2.40. The summed E-state index contributed by atoms with van der Waals surface area (Å²) in [5, 5.41) is 9.99. The highest BCUT2D eigenvalue weighted by molar-refractivity contribution is 5.89. The number of hydrogen-bond acceptors (Lipinski definition) is 4. The fourth-order valence-electron chi connectivity index (χ4n) is 1.20. The van der Waals surface area contributed by atoms with Gasteiger partial charge in [0.2, 0.25) is 0 Å². The first kappa shape index (κ1) is 14.5. The third-order valence-corrected chi connectivity index (χ3v) is 3.12. The summed E-state index contributed by atoms with van der Waals surface area (Å²) in [4.78, 5) is 11.3. The number of benzene rings is 1. The summed E-state index contributed by atoms with van der Waals surface area (Å²) in [5.41, 5.74) is -1.25. The van der Waals surface area contributed by atoms with E-state index in [1.807, 2.05) is 0 Å². The first-order valence-electron chi connectivity index (χ1n) is 5.77. The lowest BCUT2D eigenvalue weighted by Gasteiger charge is -2.37. The first-order valence-corrected chi connectivity index (χ1v) is 5.77. The zero-order valence-electron chi connectivity index (χ0n) is 11.5. The molecule has 0 aliphatic rings. The molecule has 0 bridgehead atoms. The minimum absolute atomic E-state index is 0.386. The van der Waals surface area contributed by atoms with E-state index in [2.05, 4.69) is 4.74 Å². The largest absolute Gasteiger partial charge is 0.485 e. The Morgan fingerprint density at radius 2 is 1.61 bits per heavy atom. The molecule has 0 unspecified atom stereocenters. The van der Waals surface area contributed by atoms with Crippen molar-refractivity contribution >= 4 is 5.97 Å². The molecular weight excluding hydrogens is 232 g/mol. The lowest BCUT2D eigenvalue weighted by molar-refractivity contribution is -0.0906. The molecule has 0 radical (unpaired) electrons. The normalized spacial score (nSPS) is 12.1. The van der Waals surface area contributed by atoms with E-state index < -0.39 is 11.2 Å². The van der Waals surface area contributed by atoms with Gasteiger partial charge in [-0.2, -0.15) is 0 Å². The molecule has 0 saturated heterocycles. The SMILES string of the molecule is COC(=O)c1ccc(OC(C)(C)C(C)(C)O)cc1. The van der Waals surface area contributed by atoms with Gasteiger partial charge in [0.05, 0.1) is 18.3 Å². The molecule has 1 rings (SSSR count). The maximum Gasteiger partial charge on any atom is 0.337 e. The summed E-state index contributed by atoms with van der Waals surface area (Å²) in [5.74, 6) is 0.207. The van der Waals surface area contributed by atoms with Gasteiger partial charge in [0.25, 0.3) is 0 Å². The average Bonchev–Trinajstić information content (AvgIpc) is 2.27. The summed E-state index contributed by atoms with van der Waals surface area (Å²) in [6.07, 6.45) is 0. The maximum atomic E-state index is 11.3. The molecule has 0 heterocycles. The molecule has 100 valence electrons. The van der Waals surface area contributed by atoms with E-state index in [0.717, 1.165) is 0 Å². The zero-order valence-corrected chi connectivity index (χ0v) is 11.5. The van der Waals surface area contributed by atoms with Crippen molar-refractivity contribution in [3.05, 3.63) is 29.8 Å². The Morgan fingerprint density at radius 1 is 1.11 bits per heavy atom. The van der Waals surface area contributed by atoms with E-state index in [0.29, 0.717) is 11.3 Å². The van der Waals surface area contributed by atoms with Gasteiger partial charge in [-0.1, -0.05) is 0 Å². The van der Waals surface area contributed by atoms with Gasteiger partial charge in [0, 0.05) is 0 Å². The second-order valence-electron chi connectivity index (χ2n) is 5.19. The van der Waals surface area contributed by atoms with Crippen molar-refractivity contribution < 1.29 is 19.4 Å². The fraction of sp³-hybridized carbons (Fsp3) is 0.500. The number of rotatable bonds is 4. The number of aliphatic hydroxyl groups is 1. The van der Waals surface area contributed by atoms with Crippen LogP contribution >= 0.6 is 0 Å². The molecule has 1 aromatic rings. The molecule has 0 spiro atoms. The summed E-state index contributed by atoms with van der Waals surface area (Å²) < 4.78 is 10.3. The van der Waals surface area contributed by atoms with Crippen molar-refractivity contribution in [2.75, 3.05) is 7.11 Å². The second kappa shape index (κ2) is 4.98. The van der Waals surface area contributed by atoms with E-state index in [1.54, 1.807) is 52.0 Å². The number of ether oxygens (including phenoxy) is 2. The zero-order chi connectivity index (χ0) is 14.0. The molecular formula is C14H20O4. The molecule has 0 fully saturated rings. The fourth-order valence-corrected chi connectivity index (χ4v) is 1.20. The summed E-state index contributed by atoms with van der Waals surface area (Å²) in [6, 6.07) is 6.61. The highest BCUT2D eigenvalue weighted by Crippen LogP contribution is 2.27. The third kappa shape index (κ3) is 3.23. The Labute approximate surface area is 108 Å². The molecule has 4 nitrogen and oxygen atoms in total. The molecule has 0 aliphatic carbocycles. The maximum absolute atomic E-state index is 11.3. The second-order valence-corrected chi connectivity index (χ2v) is 5.19. The number of carbonyl (C=O) groups is 1. The molecule has 18 heavy (non-hydrogen) atoms. The van der Waals surface area contributed by atoms with Crippen LogP contribution in [0.5, 0.6) is 5.75 Å². The average molecular weight is 252 g/mol. The van der Waals surface area contributed by atoms with Gasteiger partial charge in [-0.25, -0.2) is 4.79 Å². The Morgan fingerprint density at radius 3 is 2.00 bits per heavy atom. The standard InChI is InChI=1S/C14H20O4/c1-13(2,16)14(3,4)18-11-8-6-10(7-9-11)12(15)17-5/h6-9,16H,1-5H3. The topological polar surface area (TPSA) is 55.8 Å². The number of hydrogen-bond donors (Lipinski definition) is 1. The Bertz CT molecular complexity index is 412. The Hall–Kier alpha value is -1.55. The van der Waals surface area contributed by atoms with E-state index in [4.69, 9.17) is 4.74 Å².